The molecular formula is C14H22N2O2. The van der Waals surface area contributed by atoms with Gasteiger partial charge in [-0.1, -0.05) is 0 Å². The van der Waals surface area contributed by atoms with Crippen molar-refractivity contribution in [2.75, 3.05) is 31.7 Å². The van der Waals surface area contributed by atoms with Crippen LogP contribution in [0.5, 0.6) is 0 Å². The van der Waals surface area contributed by atoms with Gasteiger partial charge in [-0.05, 0) is 42.9 Å². The zero-order valence-electron chi connectivity index (χ0n) is 11.2. The van der Waals surface area contributed by atoms with Crippen LogP contribution in [-0.4, -0.2) is 36.9 Å². The summed E-state index contributed by atoms with van der Waals surface area (Å²) in [4.78, 5) is 6.49. The molecule has 0 aromatic carbocycles. The van der Waals surface area contributed by atoms with Gasteiger partial charge < -0.3 is 14.7 Å². The molecule has 0 aliphatic heterocycles. The van der Waals surface area contributed by atoms with E-state index in [0.29, 0.717) is 0 Å². The van der Waals surface area contributed by atoms with Gasteiger partial charge in [-0.2, -0.15) is 0 Å². The summed E-state index contributed by atoms with van der Waals surface area (Å²) < 4.78 is 5.63. The molecule has 2 rings (SSSR count). The molecule has 18 heavy (non-hydrogen) atoms. The highest BCUT2D eigenvalue weighted by atomic mass is 16.5. The van der Waals surface area contributed by atoms with Crippen LogP contribution in [0.25, 0.3) is 0 Å². The Balaban J connectivity index is 1.81. The fourth-order valence-corrected chi connectivity index (χ4v) is 1.95. The quantitative estimate of drug-likeness (QED) is 0.749. The smallest absolute Gasteiger partial charge is 0.131 e. The first-order valence-electron chi connectivity index (χ1n) is 6.56. The zero-order valence-corrected chi connectivity index (χ0v) is 11.2. The van der Waals surface area contributed by atoms with Crippen LogP contribution in [0.15, 0.2) is 12.3 Å². The van der Waals surface area contributed by atoms with Gasteiger partial charge in [-0.25, -0.2) is 4.98 Å². The number of aliphatic hydroxyl groups excluding tert-OH is 1. The molecule has 0 amide bonds. The van der Waals surface area contributed by atoms with Gasteiger partial charge in [0.2, 0.25) is 0 Å². The van der Waals surface area contributed by atoms with Gasteiger partial charge in [0.1, 0.15) is 5.82 Å². The lowest BCUT2D eigenvalue weighted by Crippen LogP contribution is -2.24. The third-order valence-corrected chi connectivity index (χ3v) is 3.27. The SMILES string of the molecule is Cc1cc(CO)cnc1N(C)CCOCC1CC1. The fourth-order valence-electron chi connectivity index (χ4n) is 1.95. The van der Waals surface area contributed by atoms with Crippen LogP contribution in [0.3, 0.4) is 0 Å². The summed E-state index contributed by atoms with van der Waals surface area (Å²) in [5, 5.41) is 9.05. The summed E-state index contributed by atoms with van der Waals surface area (Å²) in [7, 11) is 2.02. The molecule has 1 N–H and O–H groups in total. The molecule has 0 atom stereocenters. The number of pyridine rings is 1. The van der Waals surface area contributed by atoms with E-state index in [1.807, 2.05) is 20.0 Å². The second-order valence-corrected chi connectivity index (χ2v) is 5.08. The van der Waals surface area contributed by atoms with Crippen molar-refractivity contribution < 1.29 is 9.84 Å². The van der Waals surface area contributed by atoms with Crippen LogP contribution in [0.2, 0.25) is 0 Å². The number of aryl methyl sites for hydroxylation is 1. The van der Waals surface area contributed by atoms with Gasteiger partial charge >= 0.3 is 0 Å². The maximum atomic E-state index is 9.05. The average Bonchev–Trinajstić information content (AvgIpc) is 3.18. The Morgan fingerprint density at radius 1 is 1.50 bits per heavy atom. The summed E-state index contributed by atoms with van der Waals surface area (Å²) in [6, 6.07) is 1.98. The molecule has 4 heteroatoms. The Bertz CT molecular complexity index is 391. The summed E-state index contributed by atoms with van der Waals surface area (Å²) in [6.45, 7) is 4.56. The molecule has 0 bridgehead atoms. The number of hydrogen-bond donors (Lipinski definition) is 1. The molecule has 1 aromatic heterocycles. The number of aromatic nitrogens is 1. The van der Waals surface area contributed by atoms with E-state index in [2.05, 4.69) is 9.88 Å². The highest BCUT2D eigenvalue weighted by molar-refractivity contribution is 5.46. The predicted molar refractivity (Wildman–Crippen MR) is 71.7 cm³/mol. The molecular weight excluding hydrogens is 228 g/mol. The lowest BCUT2D eigenvalue weighted by atomic mass is 10.2. The molecule has 0 spiro atoms. The van der Waals surface area contributed by atoms with Gasteiger partial charge in [0.25, 0.3) is 0 Å². The Labute approximate surface area is 109 Å². The fraction of sp³-hybridized carbons (Fsp3) is 0.643. The van der Waals surface area contributed by atoms with Gasteiger partial charge in [0.15, 0.2) is 0 Å². The molecule has 1 aromatic rings. The van der Waals surface area contributed by atoms with Crippen LogP contribution >= 0.6 is 0 Å². The maximum Gasteiger partial charge on any atom is 0.131 e. The summed E-state index contributed by atoms with van der Waals surface area (Å²) in [5.41, 5.74) is 1.95. The second kappa shape index (κ2) is 6.16. The van der Waals surface area contributed by atoms with Crippen molar-refractivity contribution in [3.63, 3.8) is 0 Å². The van der Waals surface area contributed by atoms with E-state index in [-0.39, 0.29) is 6.61 Å². The minimum atomic E-state index is 0.0440. The zero-order chi connectivity index (χ0) is 13.0. The van der Waals surface area contributed by atoms with Gasteiger partial charge in [-0.3, -0.25) is 0 Å². The van der Waals surface area contributed by atoms with E-state index in [1.54, 1.807) is 6.20 Å². The third kappa shape index (κ3) is 3.68. The van der Waals surface area contributed by atoms with Crippen molar-refractivity contribution >= 4 is 5.82 Å². The van der Waals surface area contributed by atoms with E-state index in [4.69, 9.17) is 9.84 Å². The van der Waals surface area contributed by atoms with Crippen LogP contribution < -0.4 is 4.90 Å². The number of aliphatic hydroxyl groups is 1. The van der Waals surface area contributed by atoms with E-state index < -0.39 is 0 Å². The van der Waals surface area contributed by atoms with Gasteiger partial charge in [-0.15, -0.1) is 0 Å². The number of hydrogen-bond acceptors (Lipinski definition) is 4. The van der Waals surface area contributed by atoms with Crippen LogP contribution in [-0.2, 0) is 11.3 Å². The summed E-state index contributed by atoms with van der Waals surface area (Å²) in [5.74, 6) is 1.78. The Morgan fingerprint density at radius 3 is 2.89 bits per heavy atom. The molecule has 1 aliphatic carbocycles. The molecule has 0 unspecified atom stereocenters. The largest absolute Gasteiger partial charge is 0.392 e. The number of rotatable bonds is 7. The van der Waals surface area contributed by atoms with Crippen molar-refractivity contribution in [3.05, 3.63) is 23.4 Å². The van der Waals surface area contributed by atoms with E-state index in [1.165, 1.54) is 12.8 Å². The van der Waals surface area contributed by atoms with Crippen molar-refractivity contribution in [1.82, 2.24) is 4.98 Å². The highest BCUT2D eigenvalue weighted by Gasteiger charge is 2.21. The molecule has 0 saturated heterocycles. The van der Waals surface area contributed by atoms with Gasteiger partial charge in [0, 0.05) is 26.4 Å². The Morgan fingerprint density at radius 2 is 2.28 bits per heavy atom. The van der Waals surface area contributed by atoms with E-state index in [0.717, 1.165) is 42.6 Å². The molecule has 1 fully saturated rings. The van der Waals surface area contributed by atoms with Gasteiger partial charge in [0.05, 0.1) is 13.2 Å². The maximum absolute atomic E-state index is 9.05. The van der Waals surface area contributed by atoms with Crippen LogP contribution in [0.1, 0.15) is 24.0 Å². The van der Waals surface area contributed by atoms with E-state index in [9.17, 15) is 0 Å². The normalized spacial score (nSPS) is 14.8. The van der Waals surface area contributed by atoms with E-state index >= 15 is 0 Å². The van der Waals surface area contributed by atoms with Crippen molar-refractivity contribution in [2.45, 2.75) is 26.4 Å². The van der Waals surface area contributed by atoms with Crippen molar-refractivity contribution in [3.8, 4) is 0 Å². The molecule has 4 nitrogen and oxygen atoms in total. The molecule has 1 heterocycles. The molecule has 1 aliphatic rings. The minimum absolute atomic E-state index is 0.0440. The Kier molecular flexibility index (Phi) is 4.55. The first-order chi connectivity index (χ1) is 8.70. The number of likely N-dealkylation sites (N-methyl/N-ethyl adjacent to an activating group) is 1. The van der Waals surface area contributed by atoms with Crippen molar-refractivity contribution in [1.29, 1.82) is 0 Å². The summed E-state index contributed by atoms with van der Waals surface area (Å²) in [6.07, 6.45) is 4.39. The molecule has 100 valence electrons. The number of nitrogens with zero attached hydrogens (tertiary/aromatic N) is 2. The topological polar surface area (TPSA) is 45.6 Å². The van der Waals surface area contributed by atoms with Crippen LogP contribution in [0.4, 0.5) is 5.82 Å². The third-order valence-electron chi connectivity index (χ3n) is 3.27. The lowest BCUT2D eigenvalue weighted by molar-refractivity contribution is 0.130. The highest BCUT2D eigenvalue weighted by Crippen LogP contribution is 2.28. The monoisotopic (exact) mass is 250 g/mol. The van der Waals surface area contributed by atoms with Crippen molar-refractivity contribution in [2.24, 2.45) is 5.92 Å². The Hall–Kier alpha value is -1.13. The predicted octanol–water partition coefficient (Wildman–Crippen LogP) is 1.75. The lowest BCUT2D eigenvalue weighted by Gasteiger charge is -2.20. The molecule has 1 saturated carbocycles. The summed E-state index contributed by atoms with van der Waals surface area (Å²) >= 11 is 0. The standard InChI is InChI=1S/C14H22N2O2/c1-11-7-13(9-17)8-15-14(11)16(2)5-6-18-10-12-3-4-12/h7-8,12,17H,3-6,9-10H2,1-2H3. The first-order valence-corrected chi connectivity index (χ1v) is 6.56. The van der Waals surface area contributed by atoms with Crippen LogP contribution in [0, 0.1) is 12.8 Å². The number of anilines is 1. The second-order valence-electron chi connectivity index (χ2n) is 5.08. The molecule has 0 radical (unpaired) electrons. The first kappa shape index (κ1) is 13.3. The number of ether oxygens (including phenoxy) is 1. The average molecular weight is 250 g/mol. The minimum Gasteiger partial charge on any atom is -0.392 e.